The van der Waals surface area contributed by atoms with E-state index < -0.39 is 19.6 Å². The van der Waals surface area contributed by atoms with Gasteiger partial charge in [-0.2, -0.15) is 0 Å². The molecule has 2 aromatic heterocycles. The van der Waals surface area contributed by atoms with Gasteiger partial charge in [-0.05, 0) is 73.2 Å². The predicted molar refractivity (Wildman–Crippen MR) is 119 cm³/mol. The third-order valence-electron chi connectivity index (χ3n) is 6.50. The van der Waals surface area contributed by atoms with Gasteiger partial charge in [-0.25, -0.2) is 4.57 Å². The van der Waals surface area contributed by atoms with E-state index in [1.54, 1.807) is 0 Å². The van der Waals surface area contributed by atoms with Gasteiger partial charge in [0.25, 0.3) is 0 Å². The Hall–Kier alpha value is -2.48. The number of fused-ring (bicyclic) bond motifs is 3. The second kappa shape index (κ2) is 7.09. The topological polar surface area (TPSA) is 16.8 Å². The van der Waals surface area contributed by atoms with E-state index in [4.69, 9.17) is 9.60 Å². The van der Waals surface area contributed by atoms with Gasteiger partial charge < -0.3 is 0 Å². The summed E-state index contributed by atoms with van der Waals surface area (Å²) >= 11 is 0. The molecule has 0 amide bonds. The summed E-state index contributed by atoms with van der Waals surface area (Å²) in [5, 5.41) is 0. The molecule has 0 bridgehead atoms. The molecule has 0 radical (unpaired) electrons. The van der Waals surface area contributed by atoms with Gasteiger partial charge in [0.05, 0.1) is 11.3 Å². The van der Waals surface area contributed by atoms with Crippen molar-refractivity contribution in [2.75, 3.05) is 0 Å². The predicted octanol–water partition coefficient (Wildman–Crippen LogP) is 6.12. The molecule has 0 saturated heterocycles. The molecule has 0 spiro atoms. The summed E-state index contributed by atoms with van der Waals surface area (Å²) in [6, 6.07) is 9.33. The molecule has 0 atom stereocenters. The summed E-state index contributed by atoms with van der Waals surface area (Å²) < 4.78 is 59.1. The zero-order valence-corrected chi connectivity index (χ0v) is 17.1. The average molecular weight is 391 g/mol. The van der Waals surface area contributed by atoms with Gasteiger partial charge in [-0.15, -0.1) is 0 Å². The fourth-order valence-electron chi connectivity index (χ4n) is 5.04. The average Bonchev–Trinajstić information content (AvgIpc) is 3.16. The molecule has 0 N–H and O–H groups in total. The smallest absolute Gasteiger partial charge is 0.213 e. The summed E-state index contributed by atoms with van der Waals surface area (Å²) in [5.74, 6) is -0.597. The standard InChI is InChI=1S/C27H31N2/c1-17-10-11-22-23(16-24-26(22)18(2)14-19(3)28-24)27(17)25-15-21(12-13-29(25)4)20-8-6-5-7-9-20/h10-15,20H,5-9,16H2,1-4H3/q+1/i2D3,3D3,20D. The van der Waals surface area contributed by atoms with Crippen molar-refractivity contribution in [3.8, 4) is 22.4 Å². The Kier molecular flexibility index (Phi) is 3.00. The molecular formula is C27H31N2+. The summed E-state index contributed by atoms with van der Waals surface area (Å²) in [6.07, 6.45) is 7.37. The first-order valence-corrected chi connectivity index (χ1v) is 10.5. The van der Waals surface area contributed by atoms with Crippen LogP contribution >= 0.6 is 0 Å². The lowest BCUT2D eigenvalue weighted by Crippen LogP contribution is -2.31. The lowest BCUT2D eigenvalue weighted by Gasteiger charge is -2.22. The summed E-state index contributed by atoms with van der Waals surface area (Å²) in [4.78, 5) is 4.45. The van der Waals surface area contributed by atoms with Crippen LogP contribution in [0.4, 0.5) is 0 Å². The van der Waals surface area contributed by atoms with Crippen LogP contribution in [0.3, 0.4) is 0 Å². The Balaban J connectivity index is 1.72. The Morgan fingerprint density at radius 3 is 2.69 bits per heavy atom. The van der Waals surface area contributed by atoms with Crippen molar-refractivity contribution < 1.29 is 14.2 Å². The van der Waals surface area contributed by atoms with Crippen LogP contribution in [0.1, 0.15) is 81.2 Å². The SMILES string of the molecule is [2H]C([2H])([2H])c1cc(C([2H])([2H])[2H])c2c(n1)Cc1c-2ccc(C)c1-c1cc(C2([2H])CCCCC2)cc[n+]1C. The highest BCUT2D eigenvalue weighted by Gasteiger charge is 2.29. The van der Waals surface area contributed by atoms with Crippen molar-refractivity contribution in [1.82, 2.24) is 4.98 Å². The van der Waals surface area contributed by atoms with Gasteiger partial charge in [0.1, 0.15) is 7.05 Å². The Bertz CT molecular complexity index is 1350. The van der Waals surface area contributed by atoms with Crippen LogP contribution in [0.2, 0.25) is 0 Å². The Morgan fingerprint density at radius 2 is 1.90 bits per heavy atom. The molecule has 148 valence electrons. The first kappa shape index (κ1) is 12.3. The fourth-order valence-corrected chi connectivity index (χ4v) is 5.04. The first-order valence-electron chi connectivity index (χ1n) is 14.0. The number of rotatable bonds is 2. The zero-order chi connectivity index (χ0) is 26.0. The van der Waals surface area contributed by atoms with Crippen molar-refractivity contribution in [3.63, 3.8) is 0 Å². The van der Waals surface area contributed by atoms with Crippen molar-refractivity contribution in [2.45, 2.75) is 65.0 Å². The molecule has 29 heavy (non-hydrogen) atoms. The van der Waals surface area contributed by atoms with Crippen molar-refractivity contribution in [3.05, 3.63) is 70.2 Å². The van der Waals surface area contributed by atoms with Gasteiger partial charge >= 0.3 is 0 Å². The van der Waals surface area contributed by atoms with Crippen molar-refractivity contribution in [1.29, 1.82) is 0 Å². The third-order valence-corrected chi connectivity index (χ3v) is 6.50. The lowest BCUT2D eigenvalue weighted by molar-refractivity contribution is -0.660. The zero-order valence-electron chi connectivity index (χ0n) is 24.1. The minimum atomic E-state index is -2.49. The van der Waals surface area contributed by atoms with Gasteiger partial charge in [0, 0.05) is 39.4 Å². The highest BCUT2D eigenvalue weighted by atomic mass is 14.9. The van der Waals surface area contributed by atoms with Crippen LogP contribution in [-0.2, 0) is 13.5 Å². The van der Waals surface area contributed by atoms with Crippen LogP contribution in [0.5, 0.6) is 0 Å². The largest absolute Gasteiger partial charge is 0.257 e. The molecule has 1 fully saturated rings. The minimum absolute atomic E-state index is 0.0395. The van der Waals surface area contributed by atoms with E-state index in [-0.39, 0.29) is 11.3 Å². The van der Waals surface area contributed by atoms with Gasteiger partial charge in [-0.1, -0.05) is 31.4 Å². The molecule has 2 heteroatoms. The molecule has 1 saturated carbocycles. The second-order valence-corrected chi connectivity index (χ2v) is 8.41. The van der Waals surface area contributed by atoms with E-state index >= 15 is 0 Å². The van der Waals surface area contributed by atoms with Crippen LogP contribution in [0, 0.1) is 20.6 Å². The maximum absolute atomic E-state index is 9.15. The normalized spacial score (nSPS) is 21.5. The molecule has 2 aliphatic rings. The van der Waals surface area contributed by atoms with Gasteiger partial charge in [0.15, 0.2) is 6.20 Å². The highest BCUT2D eigenvalue weighted by molar-refractivity contribution is 5.85. The molecule has 5 rings (SSSR count). The number of hydrogen-bond acceptors (Lipinski definition) is 1. The molecule has 3 aromatic rings. The number of aryl methyl sites for hydroxylation is 4. The number of nitrogens with zero attached hydrogens (tertiary/aromatic N) is 2. The molecule has 0 aliphatic heterocycles. The number of aromatic nitrogens is 2. The quantitative estimate of drug-likeness (QED) is 0.377. The van der Waals surface area contributed by atoms with E-state index in [9.17, 15) is 0 Å². The van der Waals surface area contributed by atoms with E-state index in [0.717, 1.165) is 59.2 Å². The summed E-state index contributed by atoms with van der Waals surface area (Å²) in [6.45, 7) is -2.93. The first-order chi connectivity index (χ1) is 16.8. The Morgan fingerprint density at radius 1 is 1.03 bits per heavy atom. The van der Waals surface area contributed by atoms with Crippen LogP contribution in [0.15, 0.2) is 36.5 Å². The third kappa shape index (κ3) is 3.10. The Labute approximate surface area is 184 Å². The number of pyridine rings is 2. The molecular weight excluding hydrogens is 352 g/mol. The van der Waals surface area contributed by atoms with Gasteiger partial charge in [0.2, 0.25) is 5.69 Å². The molecule has 2 heterocycles. The van der Waals surface area contributed by atoms with Crippen LogP contribution < -0.4 is 4.57 Å². The highest BCUT2D eigenvalue weighted by Crippen LogP contribution is 2.44. The maximum atomic E-state index is 9.15. The second-order valence-electron chi connectivity index (χ2n) is 8.41. The van der Waals surface area contributed by atoms with Gasteiger partial charge in [-0.3, -0.25) is 4.98 Å². The van der Waals surface area contributed by atoms with E-state index in [0.29, 0.717) is 17.7 Å². The lowest BCUT2D eigenvalue weighted by atomic mass is 9.83. The summed E-state index contributed by atoms with van der Waals surface area (Å²) in [7, 11) is 1.98. The fraction of sp³-hybridized carbons (Fsp3) is 0.407. The monoisotopic (exact) mass is 390 g/mol. The number of benzene rings is 1. The molecule has 1 aromatic carbocycles. The number of hydrogen-bond donors (Lipinski definition) is 0. The molecule has 2 aliphatic carbocycles. The van der Waals surface area contributed by atoms with E-state index in [1.807, 2.05) is 42.9 Å². The van der Waals surface area contributed by atoms with E-state index in [1.165, 1.54) is 12.5 Å². The minimum Gasteiger partial charge on any atom is -0.257 e. The summed E-state index contributed by atoms with van der Waals surface area (Å²) in [5.41, 5.74) is 6.67. The molecule has 2 nitrogen and oxygen atoms in total. The van der Waals surface area contributed by atoms with Crippen LogP contribution in [-0.4, -0.2) is 4.98 Å². The van der Waals surface area contributed by atoms with E-state index in [2.05, 4.69) is 11.1 Å². The molecule has 0 unspecified atom stereocenters. The van der Waals surface area contributed by atoms with Crippen molar-refractivity contribution in [2.24, 2.45) is 7.05 Å². The van der Waals surface area contributed by atoms with Crippen molar-refractivity contribution >= 4 is 0 Å². The van der Waals surface area contributed by atoms with Crippen LogP contribution in [0.25, 0.3) is 22.4 Å². The maximum Gasteiger partial charge on any atom is 0.213 e.